The molecule has 24 rings (SSSR count). The summed E-state index contributed by atoms with van der Waals surface area (Å²) >= 11 is 0. The van der Waals surface area contributed by atoms with Gasteiger partial charge in [-0.3, -0.25) is 19.9 Å². The van der Waals surface area contributed by atoms with Gasteiger partial charge < -0.3 is 61.8 Å². The quantitative estimate of drug-likeness (QED) is 0.0465. The summed E-state index contributed by atoms with van der Waals surface area (Å²) in [5.74, 6) is 4.13. The maximum atomic E-state index is 6.58. The van der Waals surface area contributed by atoms with Gasteiger partial charge in [0.05, 0.1) is 168 Å². The molecule has 660 valence electrons. The fourth-order valence-electron chi connectivity index (χ4n) is 24.5. The molecule has 0 spiro atoms. The number of rotatable bonds is 18. The summed E-state index contributed by atoms with van der Waals surface area (Å²) in [5.41, 5.74) is 61.6. The number of hydrogen-bond acceptors (Lipinski definition) is 16. The van der Waals surface area contributed by atoms with E-state index in [2.05, 4.69) is 150 Å². The number of pyridine rings is 4. The molecule has 12 aliphatic rings. The molecule has 12 atom stereocenters. The summed E-state index contributed by atoms with van der Waals surface area (Å²) in [6.45, 7) is 0. The van der Waals surface area contributed by atoms with E-state index in [1.807, 2.05) is 124 Å². The fraction of sp³-hybridized carbons (Fsp3) is 0.519. The average Bonchev–Trinajstić information content (AvgIpc) is 1.64. The van der Waals surface area contributed by atoms with Crippen molar-refractivity contribution in [2.75, 3.05) is 0 Å². The predicted molar refractivity (Wildman–Crippen MR) is 501 cm³/mol. The van der Waals surface area contributed by atoms with E-state index in [4.69, 9.17) is 34.4 Å². The zero-order chi connectivity index (χ0) is 85.4. The Morgan fingerprint density at radius 1 is 0.222 bits per heavy atom. The topological polar surface area (TPSA) is 315 Å². The molecular weight excluding hydrogens is 1560 g/mol. The van der Waals surface area contributed by atoms with E-state index in [-0.39, 0.29) is 48.3 Å². The highest BCUT2D eigenvalue weighted by Gasteiger charge is 2.40. The lowest BCUT2D eigenvalue weighted by molar-refractivity contribution is 0.279. The second-order valence-electron chi connectivity index (χ2n) is 38.9. The third-order valence-corrected chi connectivity index (χ3v) is 31.4. The van der Waals surface area contributed by atoms with Crippen molar-refractivity contribution in [2.24, 2.45) is 69.9 Å². The molecule has 0 saturated heterocycles. The van der Waals surface area contributed by atoms with Crippen LogP contribution in [0, 0.1) is 35.5 Å². The lowest BCUT2D eigenvalue weighted by atomic mass is 9.81. The fourth-order valence-corrected chi connectivity index (χ4v) is 24.5. The number of imidazole rings is 6. The Kier molecular flexibility index (Phi) is 27.0. The number of aromatic nitrogens is 16. The lowest BCUT2D eigenvalue weighted by Crippen LogP contribution is -2.34. The first-order chi connectivity index (χ1) is 62.1. The number of benzene rings is 2. The Morgan fingerprint density at radius 2 is 0.405 bits per heavy atom. The van der Waals surface area contributed by atoms with Crippen molar-refractivity contribution in [3.05, 3.63) is 231 Å². The first kappa shape index (κ1) is 85.5. The van der Waals surface area contributed by atoms with Crippen LogP contribution in [0.3, 0.4) is 0 Å². The van der Waals surface area contributed by atoms with Gasteiger partial charge in [0.15, 0.2) is 0 Å². The normalized spacial score (nSPS) is 22.8. The van der Waals surface area contributed by atoms with E-state index < -0.39 is 0 Å². The molecular formula is C104H134N22. The maximum Gasteiger partial charge on any atom is 0.0957 e. The maximum absolute atomic E-state index is 6.58. The molecule has 0 bridgehead atoms. The van der Waals surface area contributed by atoms with Crippen LogP contribution in [-0.2, 0) is 0 Å². The molecule has 6 saturated carbocycles. The summed E-state index contributed by atoms with van der Waals surface area (Å²) < 4.78 is 13.6. The van der Waals surface area contributed by atoms with E-state index >= 15 is 0 Å². The zero-order valence-corrected chi connectivity index (χ0v) is 73.9. The van der Waals surface area contributed by atoms with Crippen LogP contribution in [0.5, 0.6) is 0 Å². The molecule has 22 nitrogen and oxygen atoms in total. The van der Waals surface area contributed by atoms with Crippen molar-refractivity contribution in [3.8, 4) is 67.5 Å². The smallest absolute Gasteiger partial charge is 0.0957 e. The largest absolute Gasteiger partial charge is 0.327 e. The molecule has 12 N–H and O–H groups in total. The monoisotopic (exact) mass is 1690 g/mol. The molecule has 16 heterocycles. The molecule has 126 heavy (non-hydrogen) atoms. The summed E-state index contributed by atoms with van der Waals surface area (Å²) in [7, 11) is 0. The van der Waals surface area contributed by atoms with Gasteiger partial charge in [-0.15, -0.1) is 0 Å². The standard InChI is InChI=1S/2C18H23N3.4C17H22N4/c2*19-16(13-6-2-1-3-7-13)10-17-14-8-4-5-9-15(14)18-11-20-12-21(17)18;4*18-14(12-5-2-1-3-6-12)9-15-17-13(7-4-8-20-17)16-10-19-11-21(15)16/h2*4-5,8-9,11-13,16-17H,1-3,6-7,10,19H2;4*4,7-8,10-12,14-15H,1-3,5-6,9,18H2. The minimum absolute atomic E-state index is 0.260. The van der Waals surface area contributed by atoms with Crippen molar-refractivity contribution in [3.63, 3.8) is 0 Å². The summed E-state index contributed by atoms with van der Waals surface area (Å²) in [4.78, 5) is 44.4. The SMILES string of the molecule is NC(CC1c2ccccc2-c2cncn21)C1CCCCC1.NC(CC1c2ccccc2-c2cncn21)C1CCCCC1.NC(CC1c2ncccc2-c2cncn21)C1CCCCC1.NC(CC1c2ncccc2-c2cncn21)C1CCCCC1.NC(CC1c2ncccc2-c2cncn21)C1CCCCC1.NC(CC1c2ncccc2-c2cncn21)C1CCCCC1. The molecule has 0 amide bonds. The molecule has 6 aliphatic heterocycles. The van der Waals surface area contributed by atoms with Crippen LogP contribution in [0.15, 0.2) is 197 Å². The first-order valence-electron chi connectivity index (χ1n) is 48.7. The Balaban J connectivity index is 0.0000000987. The first-order valence-corrected chi connectivity index (χ1v) is 48.7. The van der Waals surface area contributed by atoms with Gasteiger partial charge in [0, 0.05) is 94.4 Å². The van der Waals surface area contributed by atoms with E-state index in [0.717, 1.165) is 38.5 Å². The number of hydrogen-bond donors (Lipinski definition) is 6. The Morgan fingerprint density at radius 3 is 0.627 bits per heavy atom. The third kappa shape index (κ3) is 18.1. The van der Waals surface area contributed by atoms with Gasteiger partial charge in [0.25, 0.3) is 0 Å². The zero-order valence-electron chi connectivity index (χ0n) is 73.9. The van der Waals surface area contributed by atoms with Crippen molar-refractivity contribution in [2.45, 2.75) is 304 Å². The highest BCUT2D eigenvalue weighted by Crippen LogP contribution is 2.49. The van der Waals surface area contributed by atoms with E-state index in [1.54, 1.807) is 0 Å². The van der Waals surface area contributed by atoms with Crippen molar-refractivity contribution >= 4 is 0 Å². The molecule has 12 unspecified atom stereocenters. The number of nitrogens with zero attached hydrogens (tertiary/aromatic N) is 16. The van der Waals surface area contributed by atoms with Crippen LogP contribution in [0.2, 0.25) is 0 Å². The van der Waals surface area contributed by atoms with E-state index in [0.29, 0.717) is 59.7 Å². The lowest BCUT2D eigenvalue weighted by Gasteiger charge is -2.30. The van der Waals surface area contributed by atoms with Gasteiger partial charge in [-0.1, -0.05) is 164 Å². The van der Waals surface area contributed by atoms with Gasteiger partial charge in [-0.05, 0) is 211 Å². The molecule has 12 aromatic rings. The molecule has 2 aromatic carbocycles. The van der Waals surface area contributed by atoms with Gasteiger partial charge in [-0.2, -0.15) is 0 Å². The van der Waals surface area contributed by atoms with Gasteiger partial charge >= 0.3 is 0 Å². The van der Waals surface area contributed by atoms with Crippen LogP contribution < -0.4 is 34.4 Å². The van der Waals surface area contributed by atoms with Crippen molar-refractivity contribution in [1.82, 2.24) is 77.2 Å². The molecule has 10 aromatic heterocycles. The van der Waals surface area contributed by atoms with E-state index in [1.165, 1.54) is 294 Å². The Hall–Kier alpha value is -9.94. The number of fused-ring (bicyclic) bond motifs is 18. The minimum atomic E-state index is 0.260. The third-order valence-electron chi connectivity index (χ3n) is 31.4. The molecule has 6 fully saturated rings. The average molecular weight is 1690 g/mol. The van der Waals surface area contributed by atoms with E-state index in [9.17, 15) is 0 Å². The summed E-state index contributed by atoms with van der Waals surface area (Å²) in [6.07, 6.45) is 76.9. The Labute approximate surface area is 744 Å². The van der Waals surface area contributed by atoms with Gasteiger partial charge in [0.1, 0.15) is 0 Å². The minimum Gasteiger partial charge on any atom is -0.327 e. The highest BCUT2D eigenvalue weighted by molar-refractivity contribution is 5.72. The van der Waals surface area contributed by atoms with Crippen molar-refractivity contribution < 1.29 is 0 Å². The van der Waals surface area contributed by atoms with Crippen LogP contribution in [0.1, 0.15) is 301 Å². The van der Waals surface area contributed by atoms with Crippen LogP contribution in [0.4, 0.5) is 0 Å². The second-order valence-corrected chi connectivity index (χ2v) is 38.9. The highest BCUT2D eigenvalue weighted by atomic mass is 15.2. The Bertz CT molecular complexity index is 4630. The molecule has 6 aliphatic carbocycles. The molecule has 22 heteroatoms. The second kappa shape index (κ2) is 39.7. The predicted octanol–water partition coefficient (Wildman–Crippen LogP) is 20.1. The number of nitrogens with two attached hydrogens (primary N) is 6. The summed E-state index contributed by atoms with van der Waals surface area (Å²) in [5, 5.41) is 0. The van der Waals surface area contributed by atoms with Crippen LogP contribution in [-0.4, -0.2) is 113 Å². The van der Waals surface area contributed by atoms with Gasteiger partial charge in [0.2, 0.25) is 0 Å². The van der Waals surface area contributed by atoms with Gasteiger partial charge in [-0.25, -0.2) is 29.9 Å². The molecule has 0 radical (unpaired) electrons. The van der Waals surface area contributed by atoms with Crippen LogP contribution in [0.25, 0.3) is 67.5 Å². The van der Waals surface area contributed by atoms with Crippen LogP contribution >= 0.6 is 0 Å². The van der Waals surface area contributed by atoms with Crippen molar-refractivity contribution in [1.29, 1.82) is 0 Å². The summed E-state index contributed by atoms with van der Waals surface area (Å²) in [6, 6.07) is 37.4.